The van der Waals surface area contributed by atoms with E-state index in [-0.39, 0.29) is 12.0 Å². The van der Waals surface area contributed by atoms with E-state index in [2.05, 4.69) is 11.9 Å². The molecule has 0 bridgehead atoms. The fourth-order valence-electron chi connectivity index (χ4n) is 1.32. The number of nitrogens with zero attached hydrogens (tertiary/aromatic N) is 1. The number of nitrogens with one attached hydrogen (secondary N) is 2. The highest BCUT2D eigenvalue weighted by Crippen LogP contribution is 2.11. The SMILES string of the molecule is CN1CCC(OC(=N)C=N)CC1. The van der Waals surface area contributed by atoms with Crippen molar-refractivity contribution in [1.29, 1.82) is 10.8 Å². The first-order chi connectivity index (χ1) is 5.72. The molecule has 0 saturated carbocycles. The number of piperidine rings is 1. The van der Waals surface area contributed by atoms with Crippen molar-refractivity contribution < 1.29 is 4.74 Å². The van der Waals surface area contributed by atoms with Gasteiger partial charge in [-0.15, -0.1) is 0 Å². The maximum absolute atomic E-state index is 7.15. The molecule has 12 heavy (non-hydrogen) atoms. The fourth-order valence-corrected chi connectivity index (χ4v) is 1.32. The Bertz CT molecular complexity index is 173. The predicted octanol–water partition coefficient (Wildman–Crippen LogP) is 0.724. The molecule has 0 unspecified atom stereocenters. The van der Waals surface area contributed by atoms with Gasteiger partial charge in [0.1, 0.15) is 6.10 Å². The molecule has 1 aliphatic rings. The van der Waals surface area contributed by atoms with Crippen LogP contribution in [0.25, 0.3) is 0 Å². The molecule has 1 aliphatic heterocycles. The molecule has 0 aromatic carbocycles. The highest BCUT2D eigenvalue weighted by Gasteiger charge is 2.17. The zero-order valence-electron chi connectivity index (χ0n) is 7.34. The summed E-state index contributed by atoms with van der Waals surface area (Å²) in [5.74, 6) is -0.0236. The molecule has 2 N–H and O–H groups in total. The number of hydrogen-bond acceptors (Lipinski definition) is 4. The van der Waals surface area contributed by atoms with Crippen LogP contribution < -0.4 is 0 Å². The Labute approximate surface area is 72.5 Å². The fraction of sp³-hybridized carbons (Fsp3) is 0.750. The van der Waals surface area contributed by atoms with Gasteiger partial charge in [-0.05, 0) is 19.9 Å². The number of rotatable bonds is 2. The van der Waals surface area contributed by atoms with Gasteiger partial charge in [-0.2, -0.15) is 0 Å². The van der Waals surface area contributed by atoms with Gasteiger partial charge >= 0.3 is 0 Å². The summed E-state index contributed by atoms with van der Waals surface area (Å²) in [6.07, 6.45) is 3.02. The van der Waals surface area contributed by atoms with E-state index >= 15 is 0 Å². The molecule has 0 atom stereocenters. The van der Waals surface area contributed by atoms with Gasteiger partial charge in [-0.25, -0.2) is 0 Å². The van der Waals surface area contributed by atoms with E-state index in [1.54, 1.807) is 0 Å². The molecule has 4 heteroatoms. The lowest BCUT2D eigenvalue weighted by Gasteiger charge is -2.28. The third kappa shape index (κ3) is 2.62. The van der Waals surface area contributed by atoms with Crippen LogP contribution in [-0.4, -0.2) is 43.3 Å². The second kappa shape index (κ2) is 4.21. The zero-order chi connectivity index (χ0) is 8.97. The van der Waals surface area contributed by atoms with Crippen molar-refractivity contribution in [2.75, 3.05) is 20.1 Å². The molecule has 0 amide bonds. The quantitative estimate of drug-likeness (QED) is 0.472. The third-order valence-corrected chi connectivity index (χ3v) is 2.09. The lowest BCUT2D eigenvalue weighted by atomic mass is 10.1. The number of ether oxygens (including phenoxy) is 1. The summed E-state index contributed by atoms with van der Waals surface area (Å²) in [4.78, 5) is 2.24. The van der Waals surface area contributed by atoms with E-state index < -0.39 is 0 Å². The largest absolute Gasteiger partial charge is 0.474 e. The van der Waals surface area contributed by atoms with Crippen LogP contribution in [0.1, 0.15) is 12.8 Å². The van der Waals surface area contributed by atoms with Gasteiger partial charge in [0.2, 0.25) is 5.90 Å². The van der Waals surface area contributed by atoms with Crippen LogP contribution in [0.2, 0.25) is 0 Å². The van der Waals surface area contributed by atoms with E-state index in [9.17, 15) is 0 Å². The molecular formula is C8H15N3O. The normalized spacial score (nSPS) is 20.4. The van der Waals surface area contributed by atoms with Crippen molar-refractivity contribution in [3.63, 3.8) is 0 Å². The van der Waals surface area contributed by atoms with Crippen LogP contribution in [0.4, 0.5) is 0 Å². The van der Waals surface area contributed by atoms with Gasteiger partial charge in [0.15, 0.2) is 0 Å². The first kappa shape index (κ1) is 9.19. The summed E-state index contributed by atoms with van der Waals surface area (Å²) in [5, 5.41) is 13.9. The van der Waals surface area contributed by atoms with E-state index in [1.165, 1.54) is 0 Å². The lowest BCUT2D eigenvalue weighted by molar-refractivity contribution is 0.107. The van der Waals surface area contributed by atoms with Crippen LogP contribution in [0, 0.1) is 10.8 Å². The first-order valence-corrected chi connectivity index (χ1v) is 4.16. The standard InChI is InChI=1S/C8H15N3O/c1-11-4-2-7(3-5-11)12-8(10)6-9/h6-7,9-10H,2-5H2,1H3. The van der Waals surface area contributed by atoms with Crippen molar-refractivity contribution in [3.8, 4) is 0 Å². The molecule has 1 saturated heterocycles. The van der Waals surface area contributed by atoms with Crippen LogP contribution in [-0.2, 0) is 4.74 Å². The Kier molecular flexibility index (Phi) is 3.22. The molecule has 0 radical (unpaired) electrons. The second-order valence-corrected chi connectivity index (χ2v) is 3.13. The number of hydrogen-bond donors (Lipinski definition) is 2. The molecule has 1 rings (SSSR count). The van der Waals surface area contributed by atoms with Crippen molar-refractivity contribution >= 4 is 12.1 Å². The summed E-state index contributed by atoms with van der Waals surface area (Å²) in [5.41, 5.74) is 0. The minimum Gasteiger partial charge on any atom is -0.474 e. The minimum absolute atomic E-state index is 0.0236. The van der Waals surface area contributed by atoms with Crippen LogP contribution >= 0.6 is 0 Å². The lowest BCUT2D eigenvalue weighted by Crippen LogP contribution is -2.35. The molecule has 0 aromatic rings. The Balaban J connectivity index is 2.26. The molecule has 0 spiro atoms. The molecular weight excluding hydrogens is 154 g/mol. The van der Waals surface area contributed by atoms with Gasteiger partial charge < -0.3 is 15.0 Å². The van der Waals surface area contributed by atoms with Crippen molar-refractivity contribution in [2.45, 2.75) is 18.9 Å². The van der Waals surface area contributed by atoms with Gasteiger partial charge in [0.25, 0.3) is 0 Å². The second-order valence-electron chi connectivity index (χ2n) is 3.13. The Morgan fingerprint density at radius 2 is 2.08 bits per heavy atom. The maximum Gasteiger partial charge on any atom is 0.224 e. The van der Waals surface area contributed by atoms with Crippen molar-refractivity contribution in [3.05, 3.63) is 0 Å². The zero-order valence-corrected chi connectivity index (χ0v) is 7.34. The topological polar surface area (TPSA) is 60.2 Å². The molecule has 0 aromatic heterocycles. The van der Waals surface area contributed by atoms with Crippen LogP contribution in [0.5, 0.6) is 0 Å². The molecule has 4 nitrogen and oxygen atoms in total. The highest BCUT2D eigenvalue weighted by molar-refractivity contribution is 6.23. The van der Waals surface area contributed by atoms with Gasteiger partial charge in [-0.3, -0.25) is 5.41 Å². The summed E-state index contributed by atoms with van der Waals surface area (Å²) in [7, 11) is 2.08. The van der Waals surface area contributed by atoms with E-state index in [0.29, 0.717) is 0 Å². The Morgan fingerprint density at radius 3 is 2.58 bits per heavy atom. The van der Waals surface area contributed by atoms with Gasteiger partial charge in [0, 0.05) is 13.1 Å². The highest BCUT2D eigenvalue weighted by atomic mass is 16.5. The minimum atomic E-state index is -0.0236. The molecule has 1 fully saturated rings. The first-order valence-electron chi connectivity index (χ1n) is 4.16. The smallest absolute Gasteiger partial charge is 0.224 e. The van der Waals surface area contributed by atoms with Gasteiger partial charge in [-0.1, -0.05) is 0 Å². The maximum atomic E-state index is 7.15. The molecule has 0 aliphatic carbocycles. The third-order valence-electron chi connectivity index (χ3n) is 2.09. The Morgan fingerprint density at radius 1 is 1.50 bits per heavy atom. The van der Waals surface area contributed by atoms with Gasteiger partial charge in [0.05, 0.1) is 6.21 Å². The van der Waals surface area contributed by atoms with Crippen molar-refractivity contribution in [1.82, 2.24) is 4.90 Å². The summed E-state index contributed by atoms with van der Waals surface area (Å²) >= 11 is 0. The summed E-state index contributed by atoms with van der Waals surface area (Å²) < 4.78 is 5.20. The molecule has 68 valence electrons. The summed E-state index contributed by atoms with van der Waals surface area (Å²) in [6, 6.07) is 0. The molecule has 1 heterocycles. The van der Waals surface area contributed by atoms with E-state index in [0.717, 1.165) is 32.1 Å². The number of likely N-dealkylation sites (tertiary alicyclic amines) is 1. The monoisotopic (exact) mass is 169 g/mol. The summed E-state index contributed by atoms with van der Waals surface area (Å²) in [6.45, 7) is 2.05. The average molecular weight is 169 g/mol. The average Bonchev–Trinajstić information content (AvgIpc) is 2.09. The van der Waals surface area contributed by atoms with E-state index in [4.69, 9.17) is 15.6 Å². The van der Waals surface area contributed by atoms with Crippen LogP contribution in [0.15, 0.2) is 0 Å². The van der Waals surface area contributed by atoms with E-state index in [1.807, 2.05) is 0 Å². The predicted molar refractivity (Wildman–Crippen MR) is 48.1 cm³/mol. The van der Waals surface area contributed by atoms with Crippen molar-refractivity contribution in [2.24, 2.45) is 0 Å². The Hall–Kier alpha value is -0.900. The van der Waals surface area contributed by atoms with Crippen LogP contribution in [0.3, 0.4) is 0 Å².